The Labute approximate surface area is 85.0 Å². The molecular formula is C9H11N3O3. The lowest BCUT2D eigenvalue weighted by molar-refractivity contribution is -0.114. The molecule has 0 saturated heterocycles. The molecular weight excluding hydrogens is 198 g/mol. The van der Waals surface area contributed by atoms with E-state index in [0.717, 1.165) is 4.57 Å². The lowest BCUT2D eigenvalue weighted by atomic mass is 10.3. The fourth-order valence-electron chi connectivity index (χ4n) is 0.954. The van der Waals surface area contributed by atoms with Crippen LogP contribution in [0.4, 0.5) is 0 Å². The van der Waals surface area contributed by atoms with Crippen molar-refractivity contribution in [3.8, 4) is 0 Å². The predicted octanol–water partition coefficient (Wildman–Crippen LogP) is -0.809. The van der Waals surface area contributed by atoms with Crippen LogP contribution < -0.4 is 17.0 Å². The number of aromatic amines is 1. The molecule has 0 saturated carbocycles. The van der Waals surface area contributed by atoms with Crippen molar-refractivity contribution in [2.45, 2.75) is 13.8 Å². The summed E-state index contributed by atoms with van der Waals surface area (Å²) in [7, 11) is 0. The van der Waals surface area contributed by atoms with Crippen LogP contribution >= 0.6 is 0 Å². The number of nitrogens with zero attached hydrogens (tertiary/aromatic N) is 1. The number of H-pyrrole nitrogens is 1. The molecule has 6 nitrogen and oxygen atoms in total. The van der Waals surface area contributed by atoms with Crippen LogP contribution in [0.15, 0.2) is 21.4 Å². The molecule has 1 rings (SSSR count). The predicted molar refractivity (Wildman–Crippen MR) is 55.2 cm³/mol. The van der Waals surface area contributed by atoms with Gasteiger partial charge >= 0.3 is 5.69 Å². The van der Waals surface area contributed by atoms with Gasteiger partial charge in [-0.15, -0.1) is 0 Å². The van der Waals surface area contributed by atoms with Gasteiger partial charge in [-0.25, -0.2) is 4.79 Å². The first-order valence-electron chi connectivity index (χ1n) is 4.22. The Bertz CT molecular complexity index is 536. The standard InChI is InChI=1S/C9H11N3O3/c1-5(7(10)13)3-12-4-6(2)8(14)11-9(12)15/h3-4H,1-2H3,(H2,10,13)(H,11,14,15). The van der Waals surface area contributed by atoms with Crippen molar-refractivity contribution >= 4 is 12.1 Å². The number of aromatic nitrogens is 2. The first-order valence-corrected chi connectivity index (χ1v) is 4.22. The van der Waals surface area contributed by atoms with Crippen molar-refractivity contribution < 1.29 is 4.79 Å². The maximum absolute atomic E-state index is 11.3. The largest absolute Gasteiger partial charge is 0.366 e. The van der Waals surface area contributed by atoms with E-state index < -0.39 is 17.2 Å². The number of hydrogen-bond acceptors (Lipinski definition) is 3. The molecule has 6 heteroatoms. The molecule has 1 aromatic rings. The van der Waals surface area contributed by atoms with Crippen molar-refractivity contribution in [3.05, 3.63) is 38.2 Å². The highest BCUT2D eigenvalue weighted by molar-refractivity contribution is 5.94. The molecule has 0 spiro atoms. The zero-order chi connectivity index (χ0) is 11.6. The average molecular weight is 209 g/mol. The van der Waals surface area contributed by atoms with Gasteiger partial charge in [0, 0.05) is 23.5 Å². The van der Waals surface area contributed by atoms with Crippen molar-refractivity contribution in [1.82, 2.24) is 9.55 Å². The molecule has 0 bridgehead atoms. The van der Waals surface area contributed by atoms with E-state index in [1.54, 1.807) is 6.92 Å². The van der Waals surface area contributed by atoms with Crippen molar-refractivity contribution in [2.24, 2.45) is 5.73 Å². The summed E-state index contributed by atoms with van der Waals surface area (Å²) in [6.45, 7) is 3.04. The van der Waals surface area contributed by atoms with Crippen LogP contribution in [0.3, 0.4) is 0 Å². The molecule has 80 valence electrons. The third-order valence-corrected chi connectivity index (χ3v) is 1.87. The monoisotopic (exact) mass is 209 g/mol. The number of carbonyl (C=O) groups is 1. The third-order valence-electron chi connectivity index (χ3n) is 1.87. The van der Waals surface area contributed by atoms with Crippen LogP contribution in [0.1, 0.15) is 12.5 Å². The molecule has 0 aliphatic heterocycles. The molecule has 0 radical (unpaired) electrons. The van der Waals surface area contributed by atoms with Crippen molar-refractivity contribution in [3.63, 3.8) is 0 Å². The second-order valence-electron chi connectivity index (χ2n) is 3.16. The van der Waals surface area contributed by atoms with Crippen LogP contribution in [0.2, 0.25) is 0 Å². The van der Waals surface area contributed by atoms with Gasteiger partial charge in [-0.05, 0) is 13.8 Å². The van der Waals surface area contributed by atoms with Gasteiger partial charge in [0.1, 0.15) is 0 Å². The molecule has 3 N–H and O–H groups in total. The van der Waals surface area contributed by atoms with Gasteiger partial charge in [0.25, 0.3) is 5.56 Å². The minimum absolute atomic E-state index is 0.226. The maximum atomic E-state index is 11.3. The van der Waals surface area contributed by atoms with E-state index in [-0.39, 0.29) is 5.57 Å². The van der Waals surface area contributed by atoms with Gasteiger partial charge in [-0.2, -0.15) is 0 Å². The van der Waals surface area contributed by atoms with Gasteiger partial charge in [-0.1, -0.05) is 0 Å². The molecule has 0 atom stereocenters. The van der Waals surface area contributed by atoms with Gasteiger partial charge in [0.05, 0.1) is 0 Å². The summed E-state index contributed by atoms with van der Waals surface area (Å²) in [6.07, 6.45) is 2.61. The molecule has 1 amide bonds. The smallest absolute Gasteiger partial charge is 0.332 e. The molecule has 0 aliphatic carbocycles. The quantitative estimate of drug-likeness (QED) is 0.623. The summed E-state index contributed by atoms with van der Waals surface area (Å²) in [6, 6.07) is 0. The number of amides is 1. The van der Waals surface area contributed by atoms with E-state index >= 15 is 0 Å². The summed E-state index contributed by atoms with van der Waals surface area (Å²) in [5, 5.41) is 0. The number of aryl methyl sites for hydroxylation is 1. The van der Waals surface area contributed by atoms with E-state index in [9.17, 15) is 14.4 Å². The van der Waals surface area contributed by atoms with E-state index in [2.05, 4.69) is 4.98 Å². The fraction of sp³-hybridized carbons (Fsp3) is 0.222. The fourth-order valence-corrected chi connectivity index (χ4v) is 0.954. The Morgan fingerprint density at radius 1 is 1.53 bits per heavy atom. The van der Waals surface area contributed by atoms with Crippen LogP contribution in [-0.2, 0) is 4.79 Å². The average Bonchev–Trinajstić information content (AvgIpc) is 2.13. The lowest BCUT2D eigenvalue weighted by Crippen LogP contribution is -2.29. The molecule has 15 heavy (non-hydrogen) atoms. The Morgan fingerprint density at radius 2 is 2.13 bits per heavy atom. The normalized spacial score (nSPS) is 11.5. The topological polar surface area (TPSA) is 97.9 Å². The van der Waals surface area contributed by atoms with Crippen LogP contribution in [-0.4, -0.2) is 15.5 Å². The summed E-state index contributed by atoms with van der Waals surface area (Å²) in [4.78, 5) is 35.1. The van der Waals surface area contributed by atoms with Gasteiger partial charge < -0.3 is 5.73 Å². The second-order valence-corrected chi connectivity index (χ2v) is 3.16. The Morgan fingerprint density at radius 3 is 2.67 bits per heavy atom. The summed E-state index contributed by atoms with van der Waals surface area (Å²) in [5.74, 6) is -0.620. The van der Waals surface area contributed by atoms with Gasteiger partial charge in [0.15, 0.2) is 0 Å². The van der Waals surface area contributed by atoms with Crippen molar-refractivity contribution in [1.29, 1.82) is 0 Å². The van der Waals surface area contributed by atoms with Gasteiger partial charge in [-0.3, -0.25) is 19.1 Å². The zero-order valence-corrected chi connectivity index (χ0v) is 8.40. The van der Waals surface area contributed by atoms with Crippen LogP contribution in [0.5, 0.6) is 0 Å². The Kier molecular flexibility index (Phi) is 2.89. The number of carbonyl (C=O) groups excluding carboxylic acids is 1. The van der Waals surface area contributed by atoms with E-state index in [1.165, 1.54) is 19.3 Å². The second kappa shape index (κ2) is 3.95. The molecule has 0 fully saturated rings. The minimum atomic E-state index is -0.620. The first-order chi connectivity index (χ1) is 6.91. The molecule has 0 unspecified atom stereocenters. The first kappa shape index (κ1) is 11.0. The molecule has 0 aliphatic rings. The number of hydrogen-bond donors (Lipinski definition) is 2. The van der Waals surface area contributed by atoms with E-state index in [0.29, 0.717) is 5.56 Å². The lowest BCUT2D eigenvalue weighted by Gasteiger charge is -2.00. The molecule has 1 aromatic heterocycles. The zero-order valence-electron chi connectivity index (χ0n) is 8.40. The maximum Gasteiger partial charge on any atom is 0.332 e. The number of nitrogens with two attached hydrogens (primary N) is 1. The molecule has 1 heterocycles. The highest BCUT2D eigenvalue weighted by Crippen LogP contribution is 1.93. The Balaban J connectivity index is 3.35. The van der Waals surface area contributed by atoms with Crippen LogP contribution in [0.25, 0.3) is 6.20 Å². The summed E-state index contributed by atoms with van der Waals surface area (Å²) >= 11 is 0. The minimum Gasteiger partial charge on any atom is -0.366 e. The van der Waals surface area contributed by atoms with E-state index in [4.69, 9.17) is 5.73 Å². The van der Waals surface area contributed by atoms with Crippen LogP contribution in [0, 0.1) is 6.92 Å². The number of primary amides is 1. The summed E-state index contributed by atoms with van der Waals surface area (Å²) in [5.41, 5.74) is 4.56. The SMILES string of the molecule is CC(=Cn1cc(C)c(=O)[nH]c1=O)C(N)=O. The highest BCUT2D eigenvalue weighted by Gasteiger charge is 2.01. The molecule has 0 aromatic carbocycles. The third kappa shape index (κ3) is 2.43. The number of rotatable bonds is 2. The van der Waals surface area contributed by atoms with E-state index in [1.807, 2.05) is 0 Å². The summed E-state index contributed by atoms with van der Waals surface area (Å²) < 4.78 is 1.11. The van der Waals surface area contributed by atoms with Crippen molar-refractivity contribution in [2.75, 3.05) is 0 Å². The highest BCUT2D eigenvalue weighted by atomic mass is 16.2. The Hall–Kier alpha value is -2.11. The number of nitrogens with one attached hydrogen (secondary N) is 1. The van der Waals surface area contributed by atoms with Gasteiger partial charge in [0.2, 0.25) is 5.91 Å².